The minimum Gasteiger partial charge on any atom is -0.481 e. The van der Waals surface area contributed by atoms with Crippen molar-refractivity contribution in [2.75, 3.05) is 25.2 Å². The van der Waals surface area contributed by atoms with Crippen LogP contribution in [0.1, 0.15) is 78.7 Å². The fourth-order valence-electron chi connectivity index (χ4n) is 7.32. The van der Waals surface area contributed by atoms with Crippen molar-refractivity contribution in [3.8, 4) is 0 Å². The molecule has 1 aromatic carbocycles. The number of benzene rings is 1. The Morgan fingerprint density at radius 2 is 1.23 bits per heavy atom. The highest BCUT2D eigenvalue weighted by atomic mass is 32.2. The molecule has 396 valence electrons. The lowest BCUT2D eigenvalue weighted by Gasteiger charge is -2.32. The molecule has 0 saturated carbocycles. The maximum absolute atomic E-state index is 14.3. The molecule has 1 fully saturated rings. The van der Waals surface area contributed by atoms with Crippen LogP contribution >= 0.6 is 11.8 Å². The van der Waals surface area contributed by atoms with Gasteiger partial charge < -0.3 is 74.0 Å². The molecule has 1 aliphatic heterocycles. The maximum Gasteiger partial charge on any atom is 0.326 e. The van der Waals surface area contributed by atoms with E-state index in [4.69, 9.17) is 11.5 Å². The van der Waals surface area contributed by atoms with Crippen molar-refractivity contribution in [2.24, 2.45) is 23.3 Å². The van der Waals surface area contributed by atoms with Crippen LogP contribution in [0.5, 0.6) is 0 Å². The minimum absolute atomic E-state index is 0.0228. The summed E-state index contributed by atoms with van der Waals surface area (Å²) in [4.78, 5) is 146. The quantitative estimate of drug-likeness (QED) is 0.0351. The van der Waals surface area contributed by atoms with Crippen LogP contribution in [0.3, 0.4) is 0 Å². The van der Waals surface area contributed by atoms with Gasteiger partial charge in [-0.3, -0.25) is 47.9 Å². The van der Waals surface area contributed by atoms with Gasteiger partial charge in [-0.05, 0) is 62.0 Å². The van der Waals surface area contributed by atoms with Crippen molar-refractivity contribution in [3.63, 3.8) is 0 Å². The monoisotopic (exact) mass is 1020 g/mol. The molecule has 1 aromatic rings. The number of carbonyl (C=O) groups is 11. The van der Waals surface area contributed by atoms with Crippen LogP contribution in [0, 0.1) is 11.8 Å². The first-order valence-electron chi connectivity index (χ1n) is 23.1. The third kappa shape index (κ3) is 19.7. The number of thioether (sulfide) groups is 1. The zero-order valence-electron chi connectivity index (χ0n) is 40.7. The molecule has 71 heavy (non-hydrogen) atoms. The summed E-state index contributed by atoms with van der Waals surface area (Å²) < 4.78 is 0. The summed E-state index contributed by atoms with van der Waals surface area (Å²) in [5.41, 5.74) is 11.8. The number of nitrogens with zero attached hydrogens (tertiary/aromatic N) is 1. The molecule has 26 heteroatoms. The highest BCUT2D eigenvalue weighted by Crippen LogP contribution is 2.21. The average Bonchev–Trinajstić information content (AvgIpc) is 3.80. The third-order valence-corrected chi connectivity index (χ3v) is 12.0. The highest BCUT2D eigenvalue weighted by molar-refractivity contribution is 7.98. The summed E-state index contributed by atoms with van der Waals surface area (Å²) in [6, 6.07) is -4.82. The van der Waals surface area contributed by atoms with Gasteiger partial charge in [0, 0.05) is 19.4 Å². The summed E-state index contributed by atoms with van der Waals surface area (Å²) in [7, 11) is 0. The average molecular weight is 1020 g/mol. The summed E-state index contributed by atoms with van der Waals surface area (Å²) >= 11 is 1.41. The number of amides is 9. The Morgan fingerprint density at radius 1 is 0.690 bits per heavy atom. The van der Waals surface area contributed by atoms with Crippen LogP contribution in [-0.2, 0) is 59.2 Å². The SMILES string of the molecule is CSCC[C@H](N)C(=O)N[C@H](C(=O)N[C@@H](CC(=O)O)C(=O)N[C@@H](CCC(N)=O)C(=O)N[C@H](C(=O)N1CCC[C@H]1C(=O)N[C@@H](Cc1ccccc1)C(=O)N[C@@H](CO)C(=O)N[C@H](C(=O)O)C(C)C)C(C)C)[C@@H](C)O. The van der Waals surface area contributed by atoms with E-state index in [1.54, 1.807) is 64.3 Å². The number of hydrogen-bond acceptors (Lipinski definition) is 15. The predicted molar refractivity (Wildman–Crippen MR) is 256 cm³/mol. The van der Waals surface area contributed by atoms with Gasteiger partial charge in [-0.25, -0.2) is 4.79 Å². The molecular weight excluding hydrogens is 953 g/mol. The van der Waals surface area contributed by atoms with E-state index >= 15 is 0 Å². The smallest absolute Gasteiger partial charge is 0.326 e. The van der Waals surface area contributed by atoms with E-state index in [9.17, 15) is 73.2 Å². The number of aliphatic hydroxyl groups is 2. The molecule has 0 bridgehead atoms. The predicted octanol–water partition coefficient (Wildman–Crippen LogP) is -3.80. The topological polar surface area (TPSA) is 408 Å². The van der Waals surface area contributed by atoms with Crippen molar-refractivity contribution in [2.45, 2.75) is 140 Å². The van der Waals surface area contributed by atoms with Crippen molar-refractivity contribution in [1.82, 2.24) is 42.1 Å². The van der Waals surface area contributed by atoms with E-state index in [0.29, 0.717) is 17.7 Å². The molecular formula is C45H70N10O15S. The lowest BCUT2D eigenvalue weighted by atomic mass is 10.00. The summed E-state index contributed by atoms with van der Waals surface area (Å²) in [5.74, 6) is -12.2. The minimum atomic E-state index is -1.91. The number of nitrogens with two attached hydrogens (primary N) is 2. The summed E-state index contributed by atoms with van der Waals surface area (Å²) in [6.45, 7) is 6.51. The first-order chi connectivity index (χ1) is 33.3. The highest BCUT2D eigenvalue weighted by Gasteiger charge is 2.41. The molecule has 9 amide bonds. The number of nitrogens with one attached hydrogen (secondary N) is 7. The number of carbonyl (C=O) groups excluding carboxylic acids is 9. The third-order valence-electron chi connectivity index (χ3n) is 11.4. The standard InChI is InChI=1S/C45H70N10O15S/c1-22(2)34(52-38(62)27(14-15-32(47)58)48-40(64)29(20-33(59)60)50-43(67)36(24(5)57)54-37(61)26(46)16-18-71-6)44(68)55-17-10-13-31(55)42(66)49-28(19-25-11-8-7-9-12-25)39(63)51-30(21-56)41(65)53-35(23(3)4)45(69)70/h7-9,11-12,22-24,26-31,34-36,56-57H,10,13-21,46H2,1-6H3,(H2,47,58)(H,48,64)(H,49,66)(H,50,67)(H,51,63)(H,52,62)(H,53,65)(H,54,61)(H,59,60)(H,69,70)/t24-,26+,27+,28+,29+,30+,31+,34+,35+,36+/m1/s1. The molecule has 15 N–H and O–H groups in total. The molecule has 1 saturated heterocycles. The summed E-state index contributed by atoms with van der Waals surface area (Å²) in [5, 5.41) is 56.2. The van der Waals surface area contributed by atoms with Gasteiger partial charge in [0.1, 0.15) is 48.3 Å². The van der Waals surface area contributed by atoms with E-state index in [0.717, 1.165) is 6.92 Å². The lowest BCUT2D eigenvalue weighted by Crippen LogP contribution is -2.62. The van der Waals surface area contributed by atoms with Crippen LogP contribution in [-0.4, -0.2) is 176 Å². The lowest BCUT2D eigenvalue weighted by molar-refractivity contribution is -0.144. The number of primary amides is 1. The summed E-state index contributed by atoms with van der Waals surface area (Å²) in [6.07, 6.45) is -1.22. The molecule has 10 atom stereocenters. The van der Waals surface area contributed by atoms with Gasteiger partial charge in [0.25, 0.3) is 0 Å². The molecule has 0 aromatic heterocycles. The zero-order chi connectivity index (χ0) is 53.7. The second-order valence-electron chi connectivity index (χ2n) is 17.8. The molecule has 0 radical (unpaired) electrons. The Labute approximate surface area is 415 Å². The van der Waals surface area contributed by atoms with Crippen molar-refractivity contribution in [1.29, 1.82) is 0 Å². The van der Waals surface area contributed by atoms with E-state index in [2.05, 4.69) is 37.2 Å². The first-order valence-corrected chi connectivity index (χ1v) is 24.5. The van der Waals surface area contributed by atoms with Gasteiger partial charge in [0.2, 0.25) is 53.2 Å². The molecule has 2 rings (SSSR count). The van der Waals surface area contributed by atoms with Crippen molar-refractivity contribution < 1.29 is 73.2 Å². The molecule has 25 nitrogen and oxygen atoms in total. The van der Waals surface area contributed by atoms with E-state index in [1.165, 1.54) is 16.7 Å². The first kappa shape index (κ1) is 60.7. The Morgan fingerprint density at radius 3 is 1.76 bits per heavy atom. The van der Waals surface area contributed by atoms with Gasteiger partial charge in [-0.2, -0.15) is 11.8 Å². The number of aliphatic carboxylic acids is 2. The van der Waals surface area contributed by atoms with Crippen LogP contribution in [0.15, 0.2) is 30.3 Å². The molecule has 1 heterocycles. The Bertz CT molecular complexity index is 2050. The normalized spacial score (nSPS) is 17.2. The molecule has 0 spiro atoms. The van der Waals surface area contributed by atoms with Gasteiger partial charge in [-0.1, -0.05) is 58.0 Å². The second kappa shape index (κ2) is 29.7. The zero-order valence-corrected chi connectivity index (χ0v) is 41.5. The molecule has 0 unspecified atom stereocenters. The van der Waals surface area contributed by atoms with E-state index in [1.807, 2.05) is 0 Å². The van der Waals surface area contributed by atoms with Gasteiger partial charge >= 0.3 is 11.9 Å². The van der Waals surface area contributed by atoms with Crippen LogP contribution in [0.2, 0.25) is 0 Å². The molecule has 1 aliphatic rings. The van der Waals surface area contributed by atoms with E-state index < -0.39 is 163 Å². The fraction of sp³-hybridized carbons (Fsp3) is 0.622. The van der Waals surface area contributed by atoms with Gasteiger partial charge in [0.15, 0.2) is 0 Å². The van der Waals surface area contributed by atoms with Crippen LogP contribution in [0.4, 0.5) is 0 Å². The molecule has 0 aliphatic carbocycles. The van der Waals surface area contributed by atoms with Gasteiger partial charge in [-0.15, -0.1) is 0 Å². The maximum atomic E-state index is 14.3. The fourth-order valence-corrected chi connectivity index (χ4v) is 7.81. The Hall–Kier alpha value is -6.38. The number of aliphatic hydroxyl groups excluding tert-OH is 2. The van der Waals surface area contributed by atoms with Crippen molar-refractivity contribution >= 4 is 76.9 Å². The van der Waals surface area contributed by atoms with Crippen LogP contribution < -0.4 is 48.7 Å². The van der Waals surface area contributed by atoms with E-state index in [-0.39, 0.29) is 25.8 Å². The Balaban J connectivity index is 2.37. The number of rotatable bonds is 30. The number of likely N-dealkylation sites (tertiary alicyclic amines) is 1. The van der Waals surface area contributed by atoms with Crippen LogP contribution in [0.25, 0.3) is 0 Å². The number of hydrogen-bond donors (Lipinski definition) is 13. The number of carboxylic acid groups (broad SMARTS) is 2. The second-order valence-corrected chi connectivity index (χ2v) is 18.8. The number of carboxylic acids is 2. The van der Waals surface area contributed by atoms with Gasteiger partial charge in [0.05, 0.1) is 25.2 Å². The largest absolute Gasteiger partial charge is 0.481 e. The van der Waals surface area contributed by atoms with Crippen molar-refractivity contribution in [3.05, 3.63) is 35.9 Å². The Kier molecular flexibility index (Phi) is 25.4.